The van der Waals surface area contributed by atoms with Crippen molar-refractivity contribution in [3.05, 3.63) is 203 Å². The van der Waals surface area contributed by atoms with Gasteiger partial charge in [0.15, 0.2) is 0 Å². The average molecular weight is 711 g/mol. The molecule has 0 saturated heterocycles. The lowest BCUT2D eigenvalue weighted by molar-refractivity contribution is 0.131. The summed E-state index contributed by atoms with van der Waals surface area (Å²) in [5, 5.41) is 41.1. The fourth-order valence-electron chi connectivity index (χ4n) is 7.93. The van der Waals surface area contributed by atoms with E-state index >= 15 is 0 Å². The summed E-state index contributed by atoms with van der Waals surface area (Å²) < 4.78 is 0. The van der Waals surface area contributed by atoms with Crippen molar-refractivity contribution in [1.29, 1.82) is 0 Å². The smallest absolute Gasteiger partial charge is 0.142 e. The lowest BCUT2D eigenvalue weighted by atomic mass is 9.79. The second kappa shape index (κ2) is 15.8. The molecule has 7 aromatic carbocycles. The number of hydrogen-bond donors (Lipinski definition) is 4. The zero-order valence-corrected chi connectivity index (χ0v) is 30.8. The minimum atomic E-state index is -1.28. The molecule has 4 heteroatoms. The van der Waals surface area contributed by atoms with Gasteiger partial charge in [-0.15, -0.1) is 0 Å². The third-order valence-corrected chi connectivity index (χ3v) is 10.4. The van der Waals surface area contributed by atoms with Crippen molar-refractivity contribution >= 4 is 0 Å². The molecule has 0 unspecified atom stereocenters. The topological polar surface area (TPSA) is 80.9 Å². The third-order valence-electron chi connectivity index (χ3n) is 10.4. The van der Waals surface area contributed by atoms with Crippen LogP contribution in [0.25, 0.3) is 44.5 Å². The normalized spacial score (nSPS) is 13.6. The van der Waals surface area contributed by atoms with Gasteiger partial charge >= 0.3 is 0 Å². The Labute approximate surface area is 318 Å². The molecular formula is C50H46O4. The van der Waals surface area contributed by atoms with Crippen LogP contribution in [-0.2, 0) is 11.2 Å². The van der Waals surface area contributed by atoms with Crippen molar-refractivity contribution in [2.75, 3.05) is 13.2 Å². The Bertz CT molecular complexity index is 2110. The van der Waals surface area contributed by atoms with Crippen molar-refractivity contribution in [2.24, 2.45) is 0 Å². The van der Waals surface area contributed by atoms with Gasteiger partial charge in [0, 0.05) is 46.6 Å². The first-order valence-electron chi connectivity index (χ1n) is 18.8. The number of aliphatic hydroxyl groups excluding tert-OH is 2. The Morgan fingerprint density at radius 2 is 0.500 bits per heavy atom. The Morgan fingerprint density at radius 3 is 0.722 bits per heavy atom. The van der Waals surface area contributed by atoms with Crippen LogP contribution in [0.2, 0.25) is 0 Å². The molecule has 0 atom stereocenters. The molecule has 0 aliphatic heterocycles. The van der Waals surface area contributed by atoms with Gasteiger partial charge in [-0.1, -0.05) is 184 Å². The zero-order valence-electron chi connectivity index (χ0n) is 30.8. The first-order valence-corrected chi connectivity index (χ1v) is 18.8. The monoisotopic (exact) mass is 710 g/mol. The fraction of sp³-hybridized carbons (Fsp3) is 0.160. The van der Waals surface area contributed by atoms with Crippen molar-refractivity contribution in [2.45, 2.75) is 37.9 Å². The maximum Gasteiger partial charge on any atom is 0.142 e. The van der Waals surface area contributed by atoms with E-state index in [4.69, 9.17) is 10.2 Å². The molecule has 0 aromatic heterocycles. The second-order valence-corrected chi connectivity index (χ2v) is 13.7. The summed E-state index contributed by atoms with van der Waals surface area (Å²) in [6, 6.07) is 57.5. The minimum absolute atomic E-state index is 0.319. The van der Waals surface area contributed by atoms with Crippen molar-refractivity contribution < 1.29 is 20.4 Å². The molecule has 270 valence electrons. The molecule has 0 saturated carbocycles. The highest BCUT2D eigenvalue weighted by Gasteiger charge is 2.45. The van der Waals surface area contributed by atoms with E-state index in [0.29, 0.717) is 13.2 Å². The van der Waals surface area contributed by atoms with Crippen LogP contribution in [0.3, 0.4) is 0 Å². The molecule has 0 amide bonds. The molecule has 4 nitrogen and oxygen atoms in total. The summed E-state index contributed by atoms with van der Waals surface area (Å²) in [4.78, 5) is 0. The van der Waals surface area contributed by atoms with Gasteiger partial charge < -0.3 is 20.4 Å². The van der Waals surface area contributed by atoms with Crippen LogP contribution in [0.1, 0.15) is 60.1 Å². The Balaban J connectivity index is 0.000000515. The summed E-state index contributed by atoms with van der Waals surface area (Å²) in [6.07, 6.45) is 1.75. The average Bonchev–Trinajstić information content (AvgIpc) is 3.67. The number of rotatable bonds is 6. The van der Waals surface area contributed by atoms with E-state index in [1.54, 1.807) is 0 Å². The van der Waals surface area contributed by atoms with Crippen molar-refractivity contribution in [1.82, 2.24) is 0 Å². The lowest BCUT2D eigenvalue weighted by Crippen LogP contribution is -2.27. The number of fused-ring (bicyclic) bond motifs is 6. The lowest BCUT2D eigenvalue weighted by Gasteiger charge is -2.29. The van der Waals surface area contributed by atoms with Gasteiger partial charge in [-0.3, -0.25) is 0 Å². The van der Waals surface area contributed by atoms with Gasteiger partial charge in [-0.05, 0) is 57.3 Å². The molecule has 9 rings (SSSR count). The predicted octanol–water partition coefficient (Wildman–Crippen LogP) is 10.3. The van der Waals surface area contributed by atoms with E-state index in [1.807, 2.05) is 123 Å². The van der Waals surface area contributed by atoms with E-state index in [-0.39, 0.29) is 0 Å². The van der Waals surface area contributed by atoms with Crippen LogP contribution < -0.4 is 0 Å². The van der Waals surface area contributed by atoms with Crippen molar-refractivity contribution in [3.8, 4) is 44.5 Å². The third kappa shape index (κ3) is 6.17. The predicted molar refractivity (Wildman–Crippen MR) is 220 cm³/mol. The molecule has 54 heavy (non-hydrogen) atoms. The molecule has 4 N–H and O–H groups in total. The van der Waals surface area contributed by atoms with Crippen LogP contribution >= 0.6 is 0 Å². The van der Waals surface area contributed by atoms with Gasteiger partial charge in [-0.25, -0.2) is 0 Å². The number of aliphatic hydroxyl groups is 4. The standard InChI is InChI=1S/C44H30O2.2C3H8O/c45-43(39-21-9-3-15-33(39)34-16-4-10-22-40(34)43)37-19-7-1-13-31(37)29-25-27-30(28-26-29)32-14-2-8-20-38(32)44(46)41-23-11-5-17-35(41)36-18-6-12-24-42(36)44;2*1-2-3-4/h1-28,45-46H;2*4H,2-3H2,1H3. The SMILES string of the molecule is CCCO.CCCO.OC1(c2ccccc2-c2ccc(-c3ccccc3C3(O)c4ccccc4-c4ccccc43)cc2)c2ccccc2-c2ccccc21. The van der Waals surface area contributed by atoms with Gasteiger partial charge in [-0.2, -0.15) is 0 Å². The first kappa shape index (κ1) is 36.7. The van der Waals surface area contributed by atoms with Crippen LogP contribution in [0.15, 0.2) is 170 Å². The maximum absolute atomic E-state index is 12.7. The summed E-state index contributed by atoms with van der Waals surface area (Å²) in [6.45, 7) is 4.50. The van der Waals surface area contributed by atoms with Gasteiger partial charge in [0.25, 0.3) is 0 Å². The van der Waals surface area contributed by atoms with Gasteiger partial charge in [0.05, 0.1) is 0 Å². The molecule has 2 aliphatic rings. The quantitative estimate of drug-likeness (QED) is 0.139. The summed E-state index contributed by atoms with van der Waals surface area (Å²) in [5.74, 6) is 0. The highest BCUT2D eigenvalue weighted by atomic mass is 16.3. The Kier molecular flexibility index (Phi) is 10.7. The van der Waals surface area contributed by atoms with Crippen LogP contribution in [-0.4, -0.2) is 33.6 Å². The van der Waals surface area contributed by atoms with E-state index in [1.165, 1.54) is 0 Å². The second-order valence-electron chi connectivity index (χ2n) is 13.7. The summed E-state index contributed by atoms with van der Waals surface area (Å²) in [7, 11) is 0. The number of hydrogen-bond acceptors (Lipinski definition) is 4. The maximum atomic E-state index is 12.7. The molecule has 0 fully saturated rings. The molecule has 7 aromatic rings. The molecule has 0 radical (unpaired) electrons. The molecule has 0 spiro atoms. The van der Waals surface area contributed by atoms with E-state index < -0.39 is 11.2 Å². The summed E-state index contributed by atoms with van der Waals surface area (Å²) >= 11 is 0. The van der Waals surface area contributed by atoms with Crippen LogP contribution in [0, 0.1) is 0 Å². The molecule has 0 bridgehead atoms. The van der Waals surface area contributed by atoms with Crippen LogP contribution in [0.4, 0.5) is 0 Å². The largest absolute Gasteiger partial charge is 0.396 e. The Hall–Kier alpha value is -5.62. The fourth-order valence-corrected chi connectivity index (χ4v) is 7.93. The Morgan fingerprint density at radius 1 is 0.315 bits per heavy atom. The van der Waals surface area contributed by atoms with E-state index in [0.717, 1.165) is 90.7 Å². The highest BCUT2D eigenvalue weighted by molar-refractivity contribution is 5.87. The van der Waals surface area contributed by atoms with E-state index in [2.05, 4.69) is 60.7 Å². The van der Waals surface area contributed by atoms with Crippen molar-refractivity contribution in [3.63, 3.8) is 0 Å². The zero-order chi connectivity index (χ0) is 37.7. The molecular weight excluding hydrogens is 665 g/mol. The number of benzene rings is 7. The van der Waals surface area contributed by atoms with Gasteiger partial charge in [0.1, 0.15) is 11.2 Å². The van der Waals surface area contributed by atoms with Crippen LogP contribution in [0.5, 0.6) is 0 Å². The molecule has 0 heterocycles. The minimum Gasteiger partial charge on any atom is -0.396 e. The summed E-state index contributed by atoms with van der Waals surface area (Å²) in [5.41, 5.74) is 11.0. The van der Waals surface area contributed by atoms with Gasteiger partial charge in [0.2, 0.25) is 0 Å². The first-order chi connectivity index (χ1) is 26.4. The molecule has 2 aliphatic carbocycles. The van der Waals surface area contributed by atoms with E-state index in [9.17, 15) is 10.2 Å². The highest BCUT2D eigenvalue weighted by Crippen LogP contribution is 2.54.